The number of benzene rings is 2. The zero-order chi connectivity index (χ0) is 14.5. The van der Waals surface area contributed by atoms with Crippen molar-refractivity contribution in [2.24, 2.45) is 0 Å². The van der Waals surface area contributed by atoms with Gasteiger partial charge in [-0.25, -0.2) is 0 Å². The molecule has 0 radical (unpaired) electrons. The Bertz CT molecular complexity index is 564. The van der Waals surface area contributed by atoms with Crippen LogP contribution < -0.4 is 10.1 Å². The highest BCUT2D eigenvalue weighted by molar-refractivity contribution is 5.37. The fourth-order valence-electron chi connectivity index (χ4n) is 3.00. The van der Waals surface area contributed by atoms with E-state index in [9.17, 15) is 0 Å². The first kappa shape index (κ1) is 14.1. The molecule has 0 spiro atoms. The van der Waals surface area contributed by atoms with E-state index in [1.807, 2.05) is 6.07 Å². The number of hydrogen-bond donors (Lipinski definition) is 1. The van der Waals surface area contributed by atoms with Gasteiger partial charge in [0.25, 0.3) is 0 Å². The molecule has 0 amide bonds. The summed E-state index contributed by atoms with van der Waals surface area (Å²) in [7, 11) is 1.72. The summed E-state index contributed by atoms with van der Waals surface area (Å²) >= 11 is 0. The zero-order valence-electron chi connectivity index (χ0n) is 12.5. The van der Waals surface area contributed by atoms with Gasteiger partial charge in [-0.05, 0) is 23.3 Å². The fourth-order valence-corrected chi connectivity index (χ4v) is 3.00. The van der Waals surface area contributed by atoms with Crippen molar-refractivity contribution in [3.05, 3.63) is 65.7 Å². The van der Waals surface area contributed by atoms with Crippen LogP contribution >= 0.6 is 0 Å². The van der Waals surface area contributed by atoms with E-state index in [4.69, 9.17) is 4.74 Å². The van der Waals surface area contributed by atoms with E-state index in [1.54, 1.807) is 7.11 Å². The van der Waals surface area contributed by atoms with E-state index in [0.717, 1.165) is 31.9 Å². The fraction of sp³-hybridized carbons (Fsp3) is 0.333. The summed E-state index contributed by atoms with van der Waals surface area (Å²) in [5, 5.41) is 3.43. The van der Waals surface area contributed by atoms with Gasteiger partial charge in [-0.2, -0.15) is 0 Å². The molecule has 1 aliphatic heterocycles. The summed E-state index contributed by atoms with van der Waals surface area (Å²) in [6.45, 7) is 4.23. The van der Waals surface area contributed by atoms with Crippen molar-refractivity contribution in [1.29, 1.82) is 0 Å². The van der Waals surface area contributed by atoms with Gasteiger partial charge in [0.1, 0.15) is 5.75 Å². The third-order valence-electron chi connectivity index (χ3n) is 4.04. The molecule has 2 aromatic rings. The lowest BCUT2D eigenvalue weighted by atomic mass is 9.96. The Balaban J connectivity index is 1.98. The molecule has 3 nitrogen and oxygen atoms in total. The molecular formula is C18H22N2O. The van der Waals surface area contributed by atoms with E-state index in [2.05, 4.69) is 58.7 Å². The lowest BCUT2D eigenvalue weighted by molar-refractivity contribution is 0.198. The van der Waals surface area contributed by atoms with Crippen LogP contribution in [0.15, 0.2) is 54.6 Å². The maximum absolute atomic E-state index is 5.40. The van der Waals surface area contributed by atoms with E-state index in [0.29, 0.717) is 6.04 Å². The van der Waals surface area contributed by atoms with Crippen LogP contribution in [0.2, 0.25) is 0 Å². The average molecular weight is 282 g/mol. The normalized spacial score (nSPS) is 17.4. The second-order valence-electron chi connectivity index (χ2n) is 5.38. The lowest BCUT2D eigenvalue weighted by Crippen LogP contribution is -2.45. The zero-order valence-corrected chi connectivity index (χ0v) is 12.5. The van der Waals surface area contributed by atoms with Crippen LogP contribution in [0, 0.1) is 0 Å². The first-order chi connectivity index (χ1) is 10.4. The molecule has 1 N–H and O–H groups in total. The third kappa shape index (κ3) is 3.26. The standard InChI is InChI=1S/C18H22N2O/c1-21-17-9-5-8-16(14-17)18(15-6-3-2-4-7-15)20-12-10-19-11-13-20/h2-9,14,18-19H,10-13H2,1H3. The van der Waals surface area contributed by atoms with Gasteiger partial charge in [0.2, 0.25) is 0 Å². The summed E-state index contributed by atoms with van der Waals surface area (Å²) in [5.74, 6) is 0.920. The number of methoxy groups -OCH3 is 1. The van der Waals surface area contributed by atoms with Gasteiger partial charge in [0.15, 0.2) is 0 Å². The van der Waals surface area contributed by atoms with Gasteiger partial charge in [-0.3, -0.25) is 4.90 Å². The maximum atomic E-state index is 5.40. The quantitative estimate of drug-likeness (QED) is 0.933. The van der Waals surface area contributed by atoms with Crippen molar-refractivity contribution in [1.82, 2.24) is 10.2 Å². The molecule has 2 aromatic carbocycles. The number of hydrogen-bond acceptors (Lipinski definition) is 3. The van der Waals surface area contributed by atoms with Crippen LogP contribution in [-0.4, -0.2) is 38.2 Å². The molecule has 110 valence electrons. The topological polar surface area (TPSA) is 24.5 Å². The Morgan fingerprint density at radius 2 is 1.67 bits per heavy atom. The number of rotatable bonds is 4. The monoisotopic (exact) mass is 282 g/mol. The van der Waals surface area contributed by atoms with Gasteiger partial charge >= 0.3 is 0 Å². The van der Waals surface area contributed by atoms with Crippen LogP contribution in [0.4, 0.5) is 0 Å². The van der Waals surface area contributed by atoms with Crippen LogP contribution in [0.25, 0.3) is 0 Å². The Morgan fingerprint density at radius 3 is 2.38 bits per heavy atom. The van der Waals surface area contributed by atoms with Gasteiger partial charge in [-0.15, -0.1) is 0 Å². The predicted octanol–water partition coefficient (Wildman–Crippen LogP) is 2.69. The lowest BCUT2D eigenvalue weighted by Gasteiger charge is -2.35. The molecule has 3 heteroatoms. The first-order valence-electron chi connectivity index (χ1n) is 7.52. The molecule has 0 aliphatic carbocycles. The Labute approximate surface area is 126 Å². The average Bonchev–Trinajstić information content (AvgIpc) is 2.57. The van der Waals surface area contributed by atoms with Crippen LogP contribution in [0.3, 0.4) is 0 Å². The Kier molecular flexibility index (Phi) is 4.53. The van der Waals surface area contributed by atoms with Crippen molar-refractivity contribution in [2.45, 2.75) is 6.04 Å². The largest absolute Gasteiger partial charge is 0.497 e. The molecule has 1 saturated heterocycles. The second-order valence-corrected chi connectivity index (χ2v) is 5.38. The second kappa shape index (κ2) is 6.74. The summed E-state index contributed by atoms with van der Waals surface area (Å²) < 4.78 is 5.40. The van der Waals surface area contributed by atoms with Crippen LogP contribution in [0.5, 0.6) is 5.75 Å². The first-order valence-corrected chi connectivity index (χ1v) is 7.52. The van der Waals surface area contributed by atoms with Crippen molar-refractivity contribution in [2.75, 3.05) is 33.3 Å². The van der Waals surface area contributed by atoms with E-state index < -0.39 is 0 Å². The van der Waals surface area contributed by atoms with Gasteiger partial charge < -0.3 is 10.1 Å². The van der Waals surface area contributed by atoms with Crippen molar-refractivity contribution in [3.8, 4) is 5.75 Å². The third-order valence-corrected chi connectivity index (χ3v) is 4.04. The maximum Gasteiger partial charge on any atom is 0.119 e. The smallest absolute Gasteiger partial charge is 0.119 e. The number of ether oxygens (including phenoxy) is 1. The summed E-state index contributed by atoms with van der Waals surface area (Å²) in [6, 6.07) is 19.5. The van der Waals surface area contributed by atoms with E-state index in [-0.39, 0.29) is 0 Å². The molecule has 21 heavy (non-hydrogen) atoms. The molecule has 0 bridgehead atoms. The molecule has 1 atom stereocenters. The summed E-state index contributed by atoms with van der Waals surface area (Å²) in [4.78, 5) is 2.54. The van der Waals surface area contributed by atoms with Crippen LogP contribution in [-0.2, 0) is 0 Å². The molecule has 0 aromatic heterocycles. The molecule has 1 fully saturated rings. The number of piperazine rings is 1. The molecular weight excluding hydrogens is 260 g/mol. The highest BCUT2D eigenvalue weighted by atomic mass is 16.5. The minimum atomic E-state index is 0.295. The highest BCUT2D eigenvalue weighted by Crippen LogP contribution is 2.30. The molecule has 3 rings (SSSR count). The molecule has 0 saturated carbocycles. The SMILES string of the molecule is COc1cccc(C(c2ccccc2)N2CCNCC2)c1. The Morgan fingerprint density at radius 1 is 0.952 bits per heavy atom. The predicted molar refractivity (Wildman–Crippen MR) is 85.7 cm³/mol. The molecule has 1 heterocycles. The van der Waals surface area contributed by atoms with Crippen molar-refractivity contribution >= 4 is 0 Å². The van der Waals surface area contributed by atoms with Gasteiger partial charge in [-0.1, -0.05) is 42.5 Å². The van der Waals surface area contributed by atoms with Gasteiger partial charge in [0, 0.05) is 26.2 Å². The Hall–Kier alpha value is -1.84. The highest BCUT2D eigenvalue weighted by Gasteiger charge is 2.23. The summed E-state index contributed by atoms with van der Waals surface area (Å²) in [6.07, 6.45) is 0. The van der Waals surface area contributed by atoms with Gasteiger partial charge in [0.05, 0.1) is 13.2 Å². The summed E-state index contributed by atoms with van der Waals surface area (Å²) in [5.41, 5.74) is 2.63. The molecule has 1 unspecified atom stereocenters. The minimum absolute atomic E-state index is 0.295. The minimum Gasteiger partial charge on any atom is -0.497 e. The van der Waals surface area contributed by atoms with Crippen LogP contribution in [0.1, 0.15) is 17.2 Å². The van der Waals surface area contributed by atoms with Crippen molar-refractivity contribution in [3.63, 3.8) is 0 Å². The molecule has 1 aliphatic rings. The number of nitrogens with one attached hydrogen (secondary N) is 1. The van der Waals surface area contributed by atoms with Crippen molar-refractivity contribution < 1.29 is 4.74 Å². The van der Waals surface area contributed by atoms with E-state index in [1.165, 1.54) is 11.1 Å². The van der Waals surface area contributed by atoms with E-state index >= 15 is 0 Å². The number of nitrogens with zero attached hydrogens (tertiary/aromatic N) is 1.